The van der Waals surface area contributed by atoms with Gasteiger partial charge in [-0.1, -0.05) is 0 Å². The van der Waals surface area contributed by atoms with Crippen molar-refractivity contribution in [2.75, 3.05) is 20.0 Å². The van der Waals surface area contributed by atoms with Crippen LogP contribution in [0.5, 0.6) is 0 Å². The van der Waals surface area contributed by atoms with E-state index in [0.29, 0.717) is 12.8 Å². The van der Waals surface area contributed by atoms with Gasteiger partial charge in [0.15, 0.2) is 0 Å². The van der Waals surface area contributed by atoms with Crippen molar-refractivity contribution in [3.8, 4) is 0 Å². The molecule has 0 nitrogen and oxygen atoms in total. The molecular formula is C9H15F3. The number of hydrogen-bond acceptors (Lipinski definition) is 0. The number of halogens is 3. The first-order chi connectivity index (χ1) is 5.81. The molecule has 0 aromatic carbocycles. The Bertz CT molecular complexity index is 127. The number of alkyl halides is 3. The summed E-state index contributed by atoms with van der Waals surface area (Å²) >= 11 is 0. The third-order valence-corrected chi connectivity index (χ3v) is 2.86. The van der Waals surface area contributed by atoms with Gasteiger partial charge in [-0.25, -0.2) is 0 Å². The third kappa shape index (κ3) is 2.14. The minimum absolute atomic E-state index is 0.0199. The molecule has 1 saturated carbocycles. The van der Waals surface area contributed by atoms with Crippen LogP contribution < -0.4 is 0 Å². The second-order valence-electron chi connectivity index (χ2n) is 3.66. The molecule has 0 bridgehead atoms. The lowest BCUT2D eigenvalue weighted by molar-refractivity contribution is 0.111. The van der Waals surface area contributed by atoms with E-state index in [0.717, 1.165) is 6.42 Å². The molecule has 0 aromatic rings. The van der Waals surface area contributed by atoms with E-state index in [2.05, 4.69) is 0 Å². The second-order valence-corrected chi connectivity index (χ2v) is 3.66. The van der Waals surface area contributed by atoms with Crippen LogP contribution >= 0.6 is 0 Å². The summed E-state index contributed by atoms with van der Waals surface area (Å²) in [6.45, 7) is -1.33. The highest BCUT2D eigenvalue weighted by Crippen LogP contribution is 2.34. The van der Waals surface area contributed by atoms with Crippen molar-refractivity contribution in [3.63, 3.8) is 0 Å². The van der Waals surface area contributed by atoms with Crippen molar-refractivity contribution in [1.82, 2.24) is 0 Å². The Morgan fingerprint density at radius 2 is 1.50 bits per heavy atom. The largest absolute Gasteiger partial charge is 0.251 e. The quantitative estimate of drug-likeness (QED) is 0.626. The summed E-state index contributed by atoms with van der Waals surface area (Å²) in [5, 5.41) is 0. The maximum Gasteiger partial charge on any atom is 0.0926 e. The first kappa shape index (κ1) is 9.87. The molecule has 0 radical (unpaired) electrons. The first-order valence-corrected chi connectivity index (χ1v) is 4.49. The lowest BCUT2D eigenvalue weighted by Crippen LogP contribution is -2.28. The maximum absolute atomic E-state index is 12.3. The molecule has 72 valence electrons. The molecule has 0 heterocycles. The zero-order valence-corrected chi connectivity index (χ0v) is 7.11. The zero-order chi connectivity index (χ0) is 8.97. The third-order valence-electron chi connectivity index (χ3n) is 2.86. The predicted octanol–water partition coefficient (Wildman–Crippen LogP) is 2.93. The average Bonchev–Trinajstić information content (AvgIpc) is 2.16. The van der Waals surface area contributed by atoms with Crippen LogP contribution in [0.1, 0.15) is 19.3 Å². The van der Waals surface area contributed by atoms with E-state index >= 15 is 0 Å². The first-order valence-electron chi connectivity index (χ1n) is 4.49. The average molecular weight is 180 g/mol. The molecule has 0 aromatic heterocycles. The maximum atomic E-state index is 12.3. The van der Waals surface area contributed by atoms with E-state index < -0.39 is 13.3 Å². The minimum atomic E-state index is -0.495. The van der Waals surface area contributed by atoms with Crippen LogP contribution in [0.4, 0.5) is 13.2 Å². The van der Waals surface area contributed by atoms with E-state index in [-0.39, 0.29) is 24.4 Å². The van der Waals surface area contributed by atoms with Gasteiger partial charge in [-0.15, -0.1) is 0 Å². The van der Waals surface area contributed by atoms with Crippen molar-refractivity contribution in [2.45, 2.75) is 19.3 Å². The summed E-state index contributed by atoms with van der Waals surface area (Å²) in [7, 11) is 0. The standard InChI is InChI=1S/C9H15F3/c10-4-7-1-2-8(5-11)9(3-7)6-12/h7-9H,1-6H2. The highest BCUT2D eigenvalue weighted by molar-refractivity contribution is 4.79. The van der Waals surface area contributed by atoms with Gasteiger partial charge < -0.3 is 0 Å². The van der Waals surface area contributed by atoms with Crippen LogP contribution in [0.15, 0.2) is 0 Å². The molecule has 3 heteroatoms. The van der Waals surface area contributed by atoms with Crippen LogP contribution in [0.25, 0.3) is 0 Å². The van der Waals surface area contributed by atoms with Gasteiger partial charge in [0.2, 0.25) is 0 Å². The summed E-state index contributed by atoms with van der Waals surface area (Å²) < 4.78 is 36.8. The summed E-state index contributed by atoms with van der Waals surface area (Å²) in [5.41, 5.74) is 0. The van der Waals surface area contributed by atoms with Gasteiger partial charge in [-0.3, -0.25) is 13.2 Å². The van der Waals surface area contributed by atoms with Crippen molar-refractivity contribution < 1.29 is 13.2 Å². The SMILES string of the molecule is FCC1CCC(CF)C(CF)C1. The molecular weight excluding hydrogens is 165 g/mol. The minimum Gasteiger partial charge on any atom is -0.251 e. The molecule has 0 N–H and O–H groups in total. The van der Waals surface area contributed by atoms with Gasteiger partial charge in [-0.2, -0.15) is 0 Å². The summed E-state index contributed by atoms with van der Waals surface area (Å²) in [6, 6.07) is 0. The molecule has 1 aliphatic carbocycles. The fourth-order valence-electron chi connectivity index (χ4n) is 1.96. The van der Waals surface area contributed by atoms with Gasteiger partial charge in [0.05, 0.1) is 20.0 Å². The van der Waals surface area contributed by atoms with Crippen LogP contribution in [-0.2, 0) is 0 Å². The Labute approximate surface area is 71.1 Å². The lowest BCUT2D eigenvalue weighted by Gasteiger charge is -2.31. The molecule has 0 spiro atoms. The van der Waals surface area contributed by atoms with Crippen molar-refractivity contribution >= 4 is 0 Å². The molecule has 1 fully saturated rings. The Morgan fingerprint density at radius 3 is 2.00 bits per heavy atom. The van der Waals surface area contributed by atoms with Gasteiger partial charge in [0.25, 0.3) is 0 Å². The fourth-order valence-corrected chi connectivity index (χ4v) is 1.96. The van der Waals surface area contributed by atoms with E-state index in [1.165, 1.54) is 0 Å². The molecule has 3 unspecified atom stereocenters. The number of hydrogen-bond donors (Lipinski definition) is 0. The smallest absolute Gasteiger partial charge is 0.0926 e. The fraction of sp³-hybridized carbons (Fsp3) is 1.00. The Balaban J connectivity index is 2.41. The second kappa shape index (κ2) is 4.73. The summed E-state index contributed by atoms with van der Waals surface area (Å²) in [6.07, 6.45) is 1.91. The van der Waals surface area contributed by atoms with Crippen molar-refractivity contribution in [2.24, 2.45) is 17.8 Å². The summed E-state index contributed by atoms with van der Waals surface area (Å²) in [4.78, 5) is 0. The highest BCUT2D eigenvalue weighted by Gasteiger charge is 2.30. The van der Waals surface area contributed by atoms with Crippen molar-refractivity contribution in [1.29, 1.82) is 0 Å². The molecule has 1 aliphatic rings. The lowest BCUT2D eigenvalue weighted by atomic mass is 9.75. The number of rotatable bonds is 3. The van der Waals surface area contributed by atoms with Crippen molar-refractivity contribution in [3.05, 3.63) is 0 Å². The van der Waals surface area contributed by atoms with E-state index in [4.69, 9.17) is 0 Å². The summed E-state index contributed by atoms with van der Waals surface area (Å²) in [5.74, 6) is -0.407. The van der Waals surface area contributed by atoms with Gasteiger partial charge in [-0.05, 0) is 37.0 Å². The molecule has 0 amide bonds. The van der Waals surface area contributed by atoms with E-state index in [1.807, 2.05) is 0 Å². The molecule has 0 aliphatic heterocycles. The molecule has 12 heavy (non-hydrogen) atoms. The zero-order valence-electron chi connectivity index (χ0n) is 7.11. The Morgan fingerprint density at radius 1 is 0.833 bits per heavy atom. The topological polar surface area (TPSA) is 0 Å². The molecule has 1 rings (SSSR count). The van der Waals surface area contributed by atoms with Crippen LogP contribution in [0, 0.1) is 17.8 Å². The van der Waals surface area contributed by atoms with Crippen LogP contribution in [0.2, 0.25) is 0 Å². The monoisotopic (exact) mass is 180 g/mol. The molecule has 0 saturated heterocycles. The normalized spacial score (nSPS) is 36.8. The predicted molar refractivity (Wildman–Crippen MR) is 42.2 cm³/mol. The van der Waals surface area contributed by atoms with Crippen LogP contribution in [0.3, 0.4) is 0 Å². The van der Waals surface area contributed by atoms with Gasteiger partial charge >= 0.3 is 0 Å². The Kier molecular flexibility index (Phi) is 3.89. The van der Waals surface area contributed by atoms with Gasteiger partial charge in [0.1, 0.15) is 0 Å². The molecule has 3 atom stereocenters. The van der Waals surface area contributed by atoms with E-state index in [1.54, 1.807) is 0 Å². The van der Waals surface area contributed by atoms with Crippen LogP contribution in [-0.4, -0.2) is 20.0 Å². The van der Waals surface area contributed by atoms with Gasteiger partial charge in [0, 0.05) is 0 Å². The Hall–Kier alpha value is -0.210. The highest BCUT2D eigenvalue weighted by atomic mass is 19.1. The van der Waals surface area contributed by atoms with E-state index in [9.17, 15) is 13.2 Å².